The molecule has 0 aliphatic heterocycles. The highest BCUT2D eigenvalue weighted by Gasteiger charge is 2.21. The van der Waals surface area contributed by atoms with E-state index in [0.717, 1.165) is 22.0 Å². The standard InChI is InChI=1S/C14H17BrN4O2/c1-3-4-10(8-13(20)21)19-14(16-17-18-19)11-6-5-9(2)7-12(11)15/h5-7,10H,3-4,8H2,1-2H3,(H,20,21). The fraction of sp³-hybridized carbons (Fsp3) is 0.429. The van der Waals surface area contributed by atoms with Crippen molar-refractivity contribution in [1.82, 2.24) is 20.2 Å². The smallest absolute Gasteiger partial charge is 0.305 e. The van der Waals surface area contributed by atoms with Crippen LogP contribution in [0.3, 0.4) is 0 Å². The van der Waals surface area contributed by atoms with Crippen LogP contribution in [0.25, 0.3) is 11.4 Å². The zero-order chi connectivity index (χ0) is 15.4. The largest absolute Gasteiger partial charge is 0.481 e. The zero-order valence-electron chi connectivity index (χ0n) is 12.0. The summed E-state index contributed by atoms with van der Waals surface area (Å²) in [7, 11) is 0. The number of hydrogen-bond acceptors (Lipinski definition) is 4. The van der Waals surface area contributed by atoms with Crippen molar-refractivity contribution in [2.75, 3.05) is 0 Å². The molecule has 2 rings (SSSR count). The van der Waals surface area contributed by atoms with Gasteiger partial charge < -0.3 is 5.11 Å². The number of carboxylic acid groups (broad SMARTS) is 1. The lowest BCUT2D eigenvalue weighted by Gasteiger charge is -2.16. The number of aromatic nitrogens is 4. The van der Waals surface area contributed by atoms with Gasteiger partial charge in [-0.25, -0.2) is 4.68 Å². The molecule has 112 valence electrons. The number of benzene rings is 1. The molecule has 0 amide bonds. The first-order valence-electron chi connectivity index (χ1n) is 6.79. The molecule has 0 saturated carbocycles. The second kappa shape index (κ2) is 6.80. The van der Waals surface area contributed by atoms with E-state index >= 15 is 0 Å². The van der Waals surface area contributed by atoms with Gasteiger partial charge in [0.05, 0.1) is 12.5 Å². The van der Waals surface area contributed by atoms with Gasteiger partial charge in [-0.15, -0.1) is 5.10 Å². The van der Waals surface area contributed by atoms with E-state index in [2.05, 4.69) is 31.5 Å². The van der Waals surface area contributed by atoms with Gasteiger partial charge in [0.15, 0.2) is 5.82 Å². The molecule has 0 aliphatic rings. The molecule has 6 nitrogen and oxygen atoms in total. The molecular weight excluding hydrogens is 336 g/mol. The Morgan fingerprint density at radius 2 is 2.24 bits per heavy atom. The average molecular weight is 353 g/mol. The van der Waals surface area contributed by atoms with Crippen LogP contribution >= 0.6 is 15.9 Å². The van der Waals surface area contributed by atoms with Crippen molar-refractivity contribution in [3.8, 4) is 11.4 Å². The number of nitrogens with zero attached hydrogens (tertiary/aromatic N) is 4. The highest BCUT2D eigenvalue weighted by atomic mass is 79.9. The Bertz CT molecular complexity index is 642. The Hall–Kier alpha value is -1.76. The van der Waals surface area contributed by atoms with E-state index in [1.807, 2.05) is 32.0 Å². The minimum atomic E-state index is -0.849. The van der Waals surface area contributed by atoms with Crippen molar-refractivity contribution in [1.29, 1.82) is 0 Å². The summed E-state index contributed by atoms with van der Waals surface area (Å²) in [6.07, 6.45) is 1.59. The lowest BCUT2D eigenvalue weighted by Crippen LogP contribution is -2.16. The molecule has 1 aromatic carbocycles. The molecule has 1 heterocycles. The molecule has 1 N–H and O–H groups in total. The number of rotatable bonds is 6. The minimum absolute atomic E-state index is 0.00929. The van der Waals surface area contributed by atoms with Gasteiger partial charge in [-0.1, -0.05) is 35.3 Å². The zero-order valence-corrected chi connectivity index (χ0v) is 13.5. The van der Waals surface area contributed by atoms with Crippen molar-refractivity contribution in [2.24, 2.45) is 0 Å². The second-order valence-corrected chi connectivity index (χ2v) is 5.83. The number of halogens is 1. The van der Waals surface area contributed by atoms with E-state index in [0.29, 0.717) is 12.2 Å². The number of aliphatic carboxylic acids is 1. The molecule has 1 aromatic heterocycles. The van der Waals surface area contributed by atoms with Gasteiger partial charge in [-0.2, -0.15) is 0 Å². The Morgan fingerprint density at radius 1 is 1.48 bits per heavy atom. The van der Waals surface area contributed by atoms with E-state index in [1.165, 1.54) is 0 Å². The summed E-state index contributed by atoms with van der Waals surface area (Å²) < 4.78 is 2.51. The van der Waals surface area contributed by atoms with Gasteiger partial charge in [0.1, 0.15) is 0 Å². The molecular formula is C14H17BrN4O2. The first-order valence-corrected chi connectivity index (χ1v) is 7.58. The van der Waals surface area contributed by atoms with Crippen LogP contribution < -0.4 is 0 Å². The Balaban J connectivity index is 2.42. The van der Waals surface area contributed by atoms with Gasteiger partial charge in [-0.05, 0) is 41.5 Å². The van der Waals surface area contributed by atoms with Crippen LogP contribution in [0.4, 0.5) is 0 Å². The van der Waals surface area contributed by atoms with Crippen LogP contribution in [0.15, 0.2) is 22.7 Å². The minimum Gasteiger partial charge on any atom is -0.481 e. The van der Waals surface area contributed by atoms with Crippen molar-refractivity contribution in [3.05, 3.63) is 28.2 Å². The van der Waals surface area contributed by atoms with Gasteiger partial charge in [0, 0.05) is 10.0 Å². The van der Waals surface area contributed by atoms with Gasteiger partial charge in [0.25, 0.3) is 0 Å². The molecule has 0 aliphatic carbocycles. The molecule has 0 bridgehead atoms. The van der Waals surface area contributed by atoms with Crippen LogP contribution in [-0.2, 0) is 4.79 Å². The molecule has 7 heteroatoms. The van der Waals surface area contributed by atoms with E-state index < -0.39 is 5.97 Å². The topological polar surface area (TPSA) is 80.9 Å². The summed E-state index contributed by atoms with van der Waals surface area (Å²) in [5.74, 6) is -0.264. The maximum atomic E-state index is 11.0. The van der Waals surface area contributed by atoms with Crippen LogP contribution in [0.2, 0.25) is 0 Å². The van der Waals surface area contributed by atoms with Crippen LogP contribution in [-0.4, -0.2) is 31.3 Å². The van der Waals surface area contributed by atoms with E-state index in [1.54, 1.807) is 4.68 Å². The summed E-state index contributed by atoms with van der Waals surface area (Å²) in [5.41, 5.74) is 1.98. The number of hydrogen-bond donors (Lipinski definition) is 1. The first kappa shape index (κ1) is 15.6. The number of carbonyl (C=O) groups is 1. The molecule has 0 spiro atoms. The summed E-state index contributed by atoms with van der Waals surface area (Å²) in [5, 5.41) is 20.9. The van der Waals surface area contributed by atoms with Crippen molar-refractivity contribution >= 4 is 21.9 Å². The molecule has 1 unspecified atom stereocenters. The molecule has 0 saturated heterocycles. The second-order valence-electron chi connectivity index (χ2n) is 4.97. The number of aryl methyl sites for hydroxylation is 1. The molecule has 0 radical (unpaired) electrons. The van der Waals surface area contributed by atoms with Gasteiger partial charge in [-0.3, -0.25) is 4.79 Å². The number of tetrazole rings is 1. The third-order valence-corrected chi connectivity index (χ3v) is 3.89. The summed E-state index contributed by atoms with van der Waals surface area (Å²) >= 11 is 3.52. The van der Waals surface area contributed by atoms with Crippen LogP contribution in [0.1, 0.15) is 37.8 Å². The maximum absolute atomic E-state index is 11.0. The summed E-state index contributed by atoms with van der Waals surface area (Å²) in [6.45, 7) is 4.02. The highest BCUT2D eigenvalue weighted by molar-refractivity contribution is 9.10. The van der Waals surface area contributed by atoms with E-state index in [4.69, 9.17) is 5.11 Å². The fourth-order valence-corrected chi connectivity index (χ4v) is 2.93. The Labute approximate surface area is 131 Å². The monoisotopic (exact) mass is 352 g/mol. The quantitative estimate of drug-likeness (QED) is 0.862. The SMILES string of the molecule is CCCC(CC(=O)O)n1nnnc1-c1ccc(C)cc1Br. The number of carboxylic acids is 1. The predicted octanol–water partition coefficient (Wildman–Crippen LogP) is 3.23. The normalized spacial score (nSPS) is 12.3. The van der Waals surface area contributed by atoms with E-state index in [-0.39, 0.29) is 12.5 Å². The Kier molecular flexibility index (Phi) is 5.06. The van der Waals surface area contributed by atoms with Crippen LogP contribution in [0, 0.1) is 6.92 Å². The fourth-order valence-electron chi connectivity index (χ4n) is 2.26. The molecule has 2 aromatic rings. The molecule has 0 fully saturated rings. The summed E-state index contributed by atoms with van der Waals surface area (Å²) in [6, 6.07) is 5.65. The third kappa shape index (κ3) is 3.66. The average Bonchev–Trinajstić information content (AvgIpc) is 2.86. The third-order valence-electron chi connectivity index (χ3n) is 3.24. The van der Waals surface area contributed by atoms with Gasteiger partial charge >= 0.3 is 5.97 Å². The molecule has 21 heavy (non-hydrogen) atoms. The molecule has 1 atom stereocenters. The predicted molar refractivity (Wildman–Crippen MR) is 81.9 cm³/mol. The van der Waals surface area contributed by atoms with E-state index in [9.17, 15) is 4.79 Å². The maximum Gasteiger partial charge on any atom is 0.305 e. The Morgan fingerprint density at radius 3 is 2.86 bits per heavy atom. The van der Waals surface area contributed by atoms with Crippen molar-refractivity contribution < 1.29 is 9.90 Å². The lowest BCUT2D eigenvalue weighted by molar-refractivity contribution is -0.138. The van der Waals surface area contributed by atoms with Crippen molar-refractivity contribution in [3.63, 3.8) is 0 Å². The van der Waals surface area contributed by atoms with Crippen LogP contribution in [0.5, 0.6) is 0 Å². The van der Waals surface area contributed by atoms with Gasteiger partial charge in [0.2, 0.25) is 0 Å². The first-order chi connectivity index (χ1) is 10.0. The summed E-state index contributed by atoms with van der Waals surface area (Å²) in [4.78, 5) is 11.0. The van der Waals surface area contributed by atoms with Crippen molar-refractivity contribution in [2.45, 2.75) is 39.2 Å². The lowest BCUT2D eigenvalue weighted by atomic mass is 10.1. The highest BCUT2D eigenvalue weighted by Crippen LogP contribution is 2.30.